The van der Waals surface area contributed by atoms with Gasteiger partial charge in [0.1, 0.15) is 4.83 Å². The fourth-order valence-electron chi connectivity index (χ4n) is 3.54. The van der Waals surface area contributed by atoms with E-state index in [9.17, 15) is 4.79 Å². The standard InChI is InChI=1S/C17H21BrO4/c1-11-10-22-17(6-8-21-9-7-17)13-5-3-4-12(14(11)13)15(18)16(19)20-2/h3-5,11,15H,6-10H2,1-2H3/t11-,15?/m1/s1. The zero-order chi connectivity index (χ0) is 15.7. The first-order valence-corrected chi connectivity index (χ1v) is 8.57. The zero-order valence-electron chi connectivity index (χ0n) is 12.9. The summed E-state index contributed by atoms with van der Waals surface area (Å²) in [7, 11) is 1.42. The van der Waals surface area contributed by atoms with Crippen LogP contribution in [0.2, 0.25) is 0 Å². The smallest absolute Gasteiger partial charge is 0.324 e. The van der Waals surface area contributed by atoms with Crippen molar-refractivity contribution in [3.8, 4) is 0 Å². The summed E-state index contributed by atoms with van der Waals surface area (Å²) in [5, 5.41) is 0. The highest BCUT2D eigenvalue weighted by Crippen LogP contribution is 2.47. The van der Waals surface area contributed by atoms with Gasteiger partial charge in [0.15, 0.2) is 0 Å². The van der Waals surface area contributed by atoms with E-state index in [0.717, 1.165) is 18.4 Å². The van der Waals surface area contributed by atoms with E-state index >= 15 is 0 Å². The third-order valence-corrected chi connectivity index (χ3v) is 5.58. The average Bonchev–Trinajstić information content (AvgIpc) is 2.57. The molecule has 22 heavy (non-hydrogen) atoms. The fourth-order valence-corrected chi connectivity index (χ4v) is 4.13. The normalized spacial score (nSPS) is 24.6. The van der Waals surface area contributed by atoms with Gasteiger partial charge in [-0.05, 0) is 16.7 Å². The monoisotopic (exact) mass is 368 g/mol. The van der Waals surface area contributed by atoms with E-state index in [4.69, 9.17) is 14.2 Å². The molecule has 0 saturated carbocycles. The summed E-state index contributed by atoms with van der Waals surface area (Å²) in [6.45, 7) is 4.25. The van der Waals surface area contributed by atoms with Crippen LogP contribution in [0.4, 0.5) is 0 Å². The van der Waals surface area contributed by atoms with Crippen molar-refractivity contribution in [3.05, 3.63) is 34.9 Å². The second-order valence-electron chi connectivity index (χ2n) is 6.01. The number of carbonyl (C=O) groups excluding carboxylic acids is 1. The Morgan fingerprint density at radius 3 is 2.82 bits per heavy atom. The number of carbonyl (C=O) groups is 1. The molecule has 2 aliphatic rings. The van der Waals surface area contributed by atoms with Crippen LogP contribution in [0.15, 0.2) is 18.2 Å². The summed E-state index contributed by atoms with van der Waals surface area (Å²) in [6.07, 6.45) is 1.72. The van der Waals surface area contributed by atoms with Crippen molar-refractivity contribution in [2.24, 2.45) is 0 Å². The first-order chi connectivity index (χ1) is 10.6. The molecule has 1 fully saturated rings. The van der Waals surface area contributed by atoms with Crippen LogP contribution >= 0.6 is 15.9 Å². The Bertz CT molecular complexity index is 566. The number of hydrogen-bond donors (Lipinski definition) is 0. The van der Waals surface area contributed by atoms with E-state index in [1.807, 2.05) is 12.1 Å². The van der Waals surface area contributed by atoms with E-state index in [1.54, 1.807) is 0 Å². The Labute approximate surface area is 139 Å². The number of halogens is 1. The lowest BCUT2D eigenvalue weighted by molar-refractivity contribution is -0.140. The third kappa shape index (κ3) is 2.59. The summed E-state index contributed by atoms with van der Waals surface area (Å²) < 4.78 is 16.7. The Morgan fingerprint density at radius 1 is 1.41 bits per heavy atom. The maximum absolute atomic E-state index is 12.0. The average molecular weight is 369 g/mol. The highest BCUT2D eigenvalue weighted by molar-refractivity contribution is 9.09. The van der Waals surface area contributed by atoms with Gasteiger partial charge in [0.25, 0.3) is 0 Å². The molecule has 0 aliphatic carbocycles. The van der Waals surface area contributed by atoms with Gasteiger partial charge in [0.2, 0.25) is 0 Å². The van der Waals surface area contributed by atoms with Crippen molar-refractivity contribution >= 4 is 21.9 Å². The Kier molecular flexibility index (Phi) is 4.57. The molecule has 2 heterocycles. The van der Waals surface area contributed by atoms with Crippen LogP contribution < -0.4 is 0 Å². The van der Waals surface area contributed by atoms with Crippen LogP contribution in [-0.2, 0) is 24.6 Å². The number of fused-ring (bicyclic) bond motifs is 2. The van der Waals surface area contributed by atoms with Gasteiger partial charge in [0.05, 0.1) is 19.3 Å². The molecule has 3 rings (SSSR count). The van der Waals surface area contributed by atoms with Gasteiger partial charge in [-0.1, -0.05) is 41.1 Å². The molecule has 0 bridgehead atoms. The molecule has 4 nitrogen and oxygen atoms in total. The summed E-state index contributed by atoms with van der Waals surface area (Å²) in [5.41, 5.74) is 3.16. The van der Waals surface area contributed by atoms with Crippen molar-refractivity contribution in [2.45, 2.75) is 36.1 Å². The van der Waals surface area contributed by atoms with Gasteiger partial charge in [-0.15, -0.1) is 0 Å². The number of alkyl halides is 1. The minimum atomic E-state index is -0.440. The van der Waals surface area contributed by atoms with Crippen molar-refractivity contribution in [3.63, 3.8) is 0 Å². The highest BCUT2D eigenvalue weighted by Gasteiger charge is 2.42. The number of hydrogen-bond acceptors (Lipinski definition) is 4. The molecule has 0 N–H and O–H groups in total. The van der Waals surface area contributed by atoms with E-state index in [1.165, 1.54) is 18.2 Å². The number of esters is 1. The molecule has 5 heteroatoms. The highest BCUT2D eigenvalue weighted by atomic mass is 79.9. The van der Waals surface area contributed by atoms with Gasteiger partial charge in [-0.25, -0.2) is 0 Å². The van der Waals surface area contributed by atoms with Crippen molar-refractivity contribution in [2.75, 3.05) is 26.9 Å². The lowest BCUT2D eigenvalue weighted by Gasteiger charge is -2.44. The topological polar surface area (TPSA) is 44.8 Å². The summed E-state index contributed by atoms with van der Waals surface area (Å²) in [4.78, 5) is 11.5. The van der Waals surface area contributed by atoms with E-state index < -0.39 is 4.83 Å². The minimum Gasteiger partial charge on any atom is -0.468 e. The maximum atomic E-state index is 12.0. The Balaban J connectivity index is 2.09. The van der Waals surface area contributed by atoms with Crippen LogP contribution in [0.25, 0.3) is 0 Å². The lowest BCUT2D eigenvalue weighted by Crippen LogP contribution is -2.42. The van der Waals surface area contributed by atoms with Crippen LogP contribution in [0, 0.1) is 0 Å². The third-order valence-electron chi connectivity index (χ3n) is 4.71. The minimum absolute atomic E-state index is 0.254. The van der Waals surface area contributed by atoms with Crippen LogP contribution in [0.1, 0.15) is 47.2 Å². The van der Waals surface area contributed by atoms with Gasteiger partial charge >= 0.3 is 5.97 Å². The molecule has 1 aromatic carbocycles. The molecule has 2 atom stereocenters. The SMILES string of the molecule is COC(=O)C(Br)c1cccc2c1[C@H](C)COC21CCOCC1. The first kappa shape index (κ1) is 16.0. The van der Waals surface area contributed by atoms with Crippen LogP contribution in [-0.4, -0.2) is 32.9 Å². The zero-order valence-corrected chi connectivity index (χ0v) is 14.5. The molecule has 2 aliphatic heterocycles. The molecule has 0 amide bonds. The number of ether oxygens (including phenoxy) is 3. The molecule has 0 aromatic heterocycles. The van der Waals surface area contributed by atoms with E-state index in [-0.39, 0.29) is 17.5 Å². The Morgan fingerprint density at radius 2 is 2.14 bits per heavy atom. The second-order valence-corrected chi connectivity index (χ2v) is 6.93. The number of rotatable bonds is 2. The molecule has 0 radical (unpaired) electrons. The van der Waals surface area contributed by atoms with Gasteiger partial charge < -0.3 is 14.2 Å². The molecule has 120 valence electrons. The molecule has 1 spiro atoms. The predicted octanol–water partition coefficient (Wildman–Crippen LogP) is 3.44. The summed E-state index contributed by atoms with van der Waals surface area (Å²) in [6, 6.07) is 6.14. The van der Waals surface area contributed by atoms with Gasteiger partial charge in [-0.3, -0.25) is 4.79 Å². The molecule has 1 aromatic rings. The van der Waals surface area contributed by atoms with Crippen LogP contribution in [0.5, 0.6) is 0 Å². The van der Waals surface area contributed by atoms with E-state index in [0.29, 0.717) is 19.8 Å². The molecular weight excluding hydrogens is 348 g/mol. The summed E-state index contributed by atoms with van der Waals surface area (Å²) in [5.74, 6) is -0.0162. The van der Waals surface area contributed by atoms with Crippen molar-refractivity contribution in [1.82, 2.24) is 0 Å². The molecule has 1 saturated heterocycles. The fraction of sp³-hybridized carbons (Fsp3) is 0.588. The quantitative estimate of drug-likeness (QED) is 0.592. The molecule has 1 unspecified atom stereocenters. The predicted molar refractivity (Wildman–Crippen MR) is 86.2 cm³/mol. The van der Waals surface area contributed by atoms with Crippen molar-refractivity contribution < 1.29 is 19.0 Å². The van der Waals surface area contributed by atoms with E-state index in [2.05, 4.69) is 28.9 Å². The maximum Gasteiger partial charge on any atom is 0.324 e. The number of methoxy groups -OCH3 is 1. The lowest BCUT2D eigenvalue weighted by atomic mass is 9.76. The van der Waals surface area contributed by atoms with Crippen LogP contribution in [0.3, 0.4) is 0 Å². The van der Waals surface area contributed by atoms with Crippen molar-refractivity contribution in [1.29, 1.82) is 0 Å². The van der Waals surface area contributed by atoms with Gasteiger partial charge in [-0.2, -0.15) is 0 Å². The van der Waals surface area contributed by atoms with Gasteiger partial charge in [0, 0.05) is 32.0 Å². The molecular formula is C17H21BrO4. The number of benzene rings is 1. The summed E-state index contributed by atoms with van der Waals surface area (Å²) >= 11 is 3.49. The first-order valence-electron chi connectivity index (χ1n) is 7.66. The second kappa shape index (κ2) is 6.30. The Hall–Kier alpha value is -0.910. The largest absolute Gasteiger partial charge is 0.468 e.